The summed E-state index contributed by atoms with van der Waals surface area (Å²) in [6.45, 7) is 4.36. The number of fused-ring (bicyclic) bond motifs is 8. The molecule has 2 aliphatic carbocycles. The highest BCUT2D eigenvalue weighted by atomic mass is 14.3. The molecular formula is C26H20. The normalized spacial score (nSPS) is 13.5. The first-order chi connectivity index (χ1) is 12.7. The van der Waals surface area contributed by atoms with E-state index in [1.807, 2.05) is 0 Å². The van der Waals surface area contributed by atoms with Gasteiger partial charge in [-0.05, 0) is 94.1 Å². The van der Waals surface area contributed by atoms with Crippen molar-refractivity contribution in [2.75, 3.05) is 0 Å². The highest BCUT2D eigenvalue weighted by Gasteiger charge is 2.26. The van der Waals surface area contributed by atoms with E-state index in [1.165, 1.54) is 66.4 Å². The van der Waals surface area contributed by atoms with Crippen molar-refractivity contribution in [2.45, 2.75) is 26.7 Å². The Morgan fingerprint density at radius 3 is 2.08 bits per heavy atom. The highest BCUT2D eigenvalue weighted by molar-refractivity contribution is 5.96. The van der Waals surface area contributed by atoms with E-state index in [1.54, 1.807) is 0 Å². The van der Waals surface area contributed by atoms with Gasteiger partial charge in [-0.15, -0.1) is 0 Å². The van der Waals surface area contributed by atoms with E-state index in [9.17, 15) is 0 Å². The van der Waals surface area contributed by atoms with Crippen molar-refractivity contribution in [3.63, 3.8) is 0 Å². The first-order valence-corrected chi connectivity index (χ1v) is 9.46. The maximum Gasteiger partial charge on any atom is -0.000706 e. The van der Waals surface area contributed by atoms with Gasteiger partial charge in [0.1, 0.15) is 0 Å². The minimum Gasteiger partial charge on any atom is -0.0587 e. The molecule has 2 aliphatic rings. The van der Waals surface area contributed by atoms with Crippen molar-refractivity contribution in [2.24, 2.45) is 0 Å². The number of aryl methyl sites for hydroxylation is 2. The molecule has 4 aromatic rings. The molecule has 0 heterocycles. The van der Waals surface area contributed by atoms with E-state index in [-0.39, 0.29) is 0 Å². The van der Waals surface area contributed by atoms with Gasteiger partial charge in [0.05, 0.1) is 0 Å². The maximum atomic E-state index is 2.46. The van der Waals surface area contributed by atoms with Gasteiger partial charge >= 0.3 is 0 Å². The molecule has 0 unspecified atom stereocenters. The molecule has 0 radical (unpaired) electrons. The Morgan fingerprint density at radius 2 is 1.19 bits per heavy atom. The van der Waals surface area contributed by atoms with Crippen LogP contribution in [-0.2, 0) is 12.8 Å². The van der Waals surface area contributed by atoms with Crippen molar-refractivity contribution in [3.05, 3.63) is 94.0 Å². The second kappa shape index (κ2) is 4.86. The monoisotopic (exact) mass is 332 g/mol. The van der Waals surface area contributed by atoms with E-state index in [0.29, 0.717) is 0 Å². The van der Waals surface area contributed by atoms with Crippen molar-refractivity contribution in [3.8, 4) is 22.3 Å². The first kappa shape index (κ1) is 14.3. The summed E-state index contributed by atoms with van der Waals surface area (Å²) in [5, 5.41) is 2.78. The van der Waals surface area contributed by atoms with Crippen LogP contribution in [0.4, 0.5) is 0 Å². The molecular weight excluding hydrogens is 312 g/mol. The molecule has 0 nitrogen and oxygen atoms in total. The summed E-state index contributed by atoms with van der Waals surface area (Å²) < 4.78 is 0. The third-order valence-corrected chi connectivity index (χ3v) is 6.21. The molecule has 124 valence electrons. The van der Waals surface area contributed by atoms with Gasteiger partial charge in [0.15, 0.2) is 0 Å². The smallest absolute Gasteiger partial charge is 0.000706 e. The lowest BCUT2D eigenvalue weighted by atomic mass is 9.97. The molecule has 26 heavy (non-hydrogen) atoms. The lowest BCUT2D eigenvalue weighted by Gasteiger charge is -2.07. The fourth-order valence-electron chi connectivity index (χ4n) is 4.97. The van der Waals surface area contributed by atoms with Gasteiger partial charge in [-0.2, -0.15) is 0 Å². The molecule has 0 bridgehead atoms. The van der Waals surface area contributed by atoms with Gasteiger partial charge in [0.25, 0.3) is 0 Å². The first-order valence-electron chi connectivity index (χ1n) is 9.46. The Morgan fingerprint density at radius 1 is 0.538 bits per heavy atom. The summed E-state index contributed by atoms with van der Waals surface area (Å²) in [6, 6.07) is 23.3. The largest absolute Gasteiger partial charge is 0.0587 e. The molecule has 0 fully saturated rings. The molecule has 0 N–H and O–H groups in total. The van der Waals surface area contributed by atoms with E-state index in [0.717, 1.165) is 12.8 Å². The van der Waals surface area contributed by atoms with Crippen LogP contribution in [0.2, 0.25) is 0 Å². The van der Waals surface area contributed by atoms with E-state index in [2.05, 4.69) is 74.5 Å². The van der Waals surface area contributed by atoms with Crippen molar-refractivity contribution in [1.82, 2.24) is 0 Å². The highest BCUT2D eigenvalue weighted by Crippen LogP contribution is 2.46. The minimum atomic E-state index is 1.06. The summed E-state index contributed by atoms with van der Waals surface area (Å²) in [4.78, 5) is 0. The van der Waals surface area contributed by atoms with Crippen molar-refractivity contribution >= 4 is 10.8 Å². The Bertz CT molecular complexity index is 1240. The molecule has 0 atom stereocenters. The third kappa shape index (κ3) is 1.85. The molecule has 0 aromatic heterocycles. The van der Waals surface area contributed by atoms with Crippen molar-refractivity contribution < 1.29 is 0 Å². The predicted octanol–water partition coefficient (Wildman–Crippen LogP) is 6.60. The standard InChI is InChI=1S/C26H20/c1-15-3-6-21-17(9-15)5-8-23-25-12-19-11-18-10-16(2)4-7-22(18)24(19)13-20(25)14-26(21)23/h3-10,12-13H,11,14H2,1-2H3. The van der Waals surface area contributed by atoms with Crippen molar-refractivity contribution in [1.29, 1.82) is 0 Å². The zero-order valence-corrected chi connectivity index (χ0v) is 15.2. The molecule has 0 amide bonds. The van der Waals surface area contributed by atoms with Gasteiger partial charge in [-0.1, -0.05) is 59.7 Å². The Hall–Kier alpha value is -2.86. The minimum absolute atomic E-state index is 1.06. The summed E-state index contributed by atoms with van der Waals surface area (Å²) in [7, 11) is 0. The van der Waals surface area contributed by atoms with E-state index >= 15 is 0 Å². The summed E-state index contributed by atoms with van der Waals surface area (Å²) >= 11 is 0. The lowest BCUT2D eigenvalue weighted by molar-refractivity contribution is 1.24. The van der Waals surface area contributed by atoms with Gasteiger partial charge in [-0.25, -0.2) is 0 Å². The number of hydrogen-bond donors (Lipinski definition) is 0. The summed E-state index contributed by atoms with van der Waals surface area (Å²) in [5.41, 5.74) is 14.4. The molecule has 0 spiro atoms. The van der Waals surface area contributed by atoms with Gasteiger partial charge in [0, 0.05) is 0 Å². The predicted molar refractivity (Wildman–Crippen MR) is 110 cm³/mol. The molecule has 0 heteroatoms. The molecule has 0 aliphatic heterocycles. The van der Waals surface area contributed by atoms with E-state index in [4.69, 9.17) is 0 Å². The average Bonchev–Trinajstić information content (AvgIpc) is 3.16. The number of rotatable bonds is 0. The molecule has 6 rings (SSSR count). The number of hydrogen-bond acceptors (Lipinski definition) is 0. The topological polar surface area (TPSA) is 0 Å². The van der Waals surface area contributed by atoms with Crippen LogP contribution in [0.3, 0.4) is 0 Å². The zero-order chi connectivity index (χ0) is 17.4. The van der Waals surface area contributed by atoms with E-state index < -0.39 is 0 Å². The fourth-order valence-corrected chi connectivity index (χ4v) is 4.97. The molecule has 0 saturated carbocycles. The maximum absolute atomic E-state index is 2.46. The second-order valence-electron chi connectivity index (χ2n) is 8.00. The molecule has 4 aromatic carbocycles. The Kier molecular flexibility index (Phi) is 2.68. The summed E-state index contributed by atoms with van der Waals surface area (Å²) in [5.74, 6) is 0. The second-order valence-corrected chi connectivity index (χ2v) is 8.00. The van der Waals surface area contributed by atoms with Crippen LogP contribution >= 0.6 is 0 Å². The SMILES string of the molecule is Cc1ccc2c(c1)Cc1cc3c(cc1-2)Cc1c-3ccc2cc(C)ccc12. The van der Waals surface area contributed by atoms with Crippen LogP contribution in [0.15, 0.2) is 60.7 Å². The van der Waals surface area contributed by atoms with Gasteiger partial charge < -0.3 is 0 Å². The van der Waals surface area contributed by atoms with Crippen LogP contribution in [0.5, 0.6) is 0 Å². The van der Waals surface area contributed by atoms with Crippen LogP contribution in [0, 0.1) is 13.8 Å². The summed E-state index contributed by atoms with van der Waals surface area (Å²) in [6.07, 6.45) is 2.13. The van der Waals surface area contributed by atoms with Crippen LogP contribution in [-0.4, -0.2) is 0 Å². The van der Waals surface area contributed by atoms with Crippen LogP contribution < -0.4 is 0 Å². The Balaban J connectivity index is 1.55. The zero-order valence-electron chi connectivity index (χ0n) is 15.2. The van der Waals surface area contributed by atoms with Gasteiger partial charge in [0.2, 0.25) is 0 Å². The van der Waals surface area contributed by atoms with Gasteiger partial charge in [-0.3, -0.25) is 0 Å². The number of benzene rings is 4. The lowest BCUT2D eigenvalue weighted by Crippen LogP contribution is -1.86. The third-order valence-electron chi connectivity index (χ3n) is 6.21. The van der Waals surface area contributed by atoms with Crippen LogP contribution in [0.1, 0.15) is 33.4 Å². The van der Waals surface area contributed by atoms with Crippen LogP contribution in [0.25, 0.3) is 33.0 Å². The fraction of sp³-hybridized carbons (Fsp3) is 0.154. The Labute approximate surface area is 154 Å². The molecule has 0 saturated heterocycles. The average molecular weight is 332 g/mol. The quantitative estimate of drug-likeness (QED) is 0.294.